The van der Waals surface area contributed by atoms with Gasteiger partial charge in [-0.05, 0) is 20.3 Å². The minimum Gasteiger partial charge on any atom is -0.372 e. The summed E-state index contributed by atoms with van der Waals surface area (Å²) in [5.74, 6) is -0.0926. The highest BCUT2D eigenvalue weighted by Gasteiger charge is 2.11. The summed E-state index contributed by atoms with van der Waals surface area (Å²) in [5.41, 5.74) is 5.36. The van der Waals surface area contributed by atoms with Gasteiger partial charge in [-0.15, -0.1) is 0 Å². The highest BCUT2D eigenvalue weighted by atomic mass is 16.5. The summed E-state index contributed by atoms with van der Waals surface area (Å²) in [6.45, 7) is 7.15. The molecule has 0 saturated carbocycles. The van der Waals surface area contributed by atoms with Gasteiger partial charge in [0.25, 0.3) is 0 Å². The third kappa shape index (κ3) is 11.3. The van der Waals surface area contributed by atoms with Gasteiger partial charge in [0, 0.05) is 18.7 Å². The van der Waals surface area contributed by atoms with Crippen molar-refractivity contribution in [3.8, 4) is 0 Å². The number of carbonyl (C=O) groups excluding carboxylic acids is 1. The Kier molecular flexibility index (Phi) is 7.34. The van der Waals surface area contributed by atoms with Crippen molar-refractivity contribution < 1.29 is 9.53 Å². The van der Waals surface area contributed by atoms with Crippen LogP contribution < -0.4 is 11.1 Å². The molecule has 0 aromatic carbocycles. The zero-order chi connectivity index (χ0) is 11.7. The van der Waals surface area contributed by atoms with Gasteiger partial charge in [0.2, 0.25) is 5.91 Å². The molecular formula is C11H24N2O2. The van der Waals surface area contributed by atoms with E-state index in [1.807, 2.05) is 13.8 Å². The minimum atomic E-state index is -0.363. The Morgan fingerprint density at radius 1 is 1.40 bits per heavy atom. The van der Waals surface area contributed by atoms with Gasteiger partial charge in [-0.3, -0.25) is 4.79 Å². The first kappa shape index (κ1) is 14.4. The second-order valence-corrected chi connectivity index (χ2v) is 4.53. The van der Waals surface area contributed by atoms with Gasteiger partial charge in [0.05, 0.1) is 0 Å². The Morgan fingerprint density at radius 2 is 2.07 bits per heavy atom. The standard InChI is InChI=1S/C11H24N2O2/c1-4-5-6-7-15-8-10(14)13-9-11(2,3)12/h4-9,12H2,1-3H3,(H,13,14). The first-order chi connectivity index (χ1) is 6.95. The van der Waals surface area contributed by atoms with Crippen molar-refractivity contribution in [2.75, 3.05) is 19.8 Å². The Balaban J connectivity index is 3.34. The lowest BCUT2D eigenvalue weighted by atomic mass is 10.1. The summed E-state index contributed by atoms with van der Waals surface area (Å²) in [7, 11) is 0. The summed E-state index contributed by atoms with van der Waals surface area (Å²) >= 11 is 0. The molecule has 4 nitrogen and oxygen atoms in total. The van der Waals surface area contributed by atoms with Crippen LogP contribution in [0.1, 0.15) is 40.0 Å². The Morgan fingerprint density at radius 3 is 2.60 bits per heavy atom. The molecule has 0 spiro atoms. The molecule has 0 saturated heterocycles. The second kappa shape index (κ2) is 7.65. The predicted octanol–water partition coefficient (Wildman–Crippen LogP) is 1.05. The number of nitrogens with one attached hydrogen (secondary N) is 1. The zero-order valence-electron chi connectivity index (χ0n) is 10.1. The molecule has 0 aromatic rings. The maximum atomic E-state index is 11.2. The fraction of sp³-hybridized carbons (Fsp3) is 0.909. The molecule has 15 heavy (non-hydrogen) atoms. The van der Waals surface area contributed by atoms with Crippen LogP contribution in [-0.4, -0.2) is 31.2 Å². The maximum absolute atomic E-state index is 11.2. The summed E-state index contributed by atoms with van der Waals surface area (Å²) in [5, 5.41) is 2.72. The largest absolute Gasteiger partial charge is 0.372 e. The molecule has 0 rings (SSSR count). The molecule has 0 bridgehead atoms. The van der Waals surface area contributed by atoms with E-state index in [9.17, 15) is 4.79 Å². The number of unbranched alkanes of at least 4 members (excludes halogenated alkanes) is 2. The molecule has 4 heteroatoms. The topological polar surface area (TPSA) is 64.3 Å². The van der Waals surface area contributed by atoms with E-state index in [0.717, 1.165) is 19.3 Å². The van der Waals surface area contributed by atoms with Crippen molar-refractivity contribution in [3.63, 3.8) is 0 Å². The van der Waals surface area contributed by atoms with Gasteiger partial charge in [0.15, 0.2) is 0 Å². The molecule has 0 aliphatic rings. The van der Waals surface area contributed by atoms with Crippen molar-refractivity contribution in [2.45, 2.75) is 45.6 Å². The SMILES string of the molecule is CCCCCOCC(=O)NCC(C)(C)N. The molecular weight excluding hydrogens is 192 g/mol. The summed E-state index contributed by atoms with van der Waals surface area (Å²) in [6.07, 6.45) is 3.33. The van der Waals surface area contributed by atoms with Crippen LogP contribution in [0.5, 0.6) is 0 Å². The fourth-order valence-corrected chi connectivity index (χ4v) is 0.996. The molecule has 0 fully saturated rings. The van der Waals surface area contributed by atoms with Gasteiger partial charge in [-0.25, -0.2) is 0 Å². The van der Waals surface area contributed by atoms with E-state index in [1.54, 1.807) is 0 Å². The first-order valence-electron chi connectivity index (χ1n) is 5.59. The monoisotopic (exact) mass is 216 g/mol. The number of amides is 1. The van der Waals surface area contributed by atoms with Crippen molar-refractivity contribution in [1.82, 2.24) is 5.32 Å². The number of hydrogen-bond acceptors (Lipinski definition) is 3. The average Bonchev–Trinajstić information content (AvgIpc) is 2.13. The van der Waals surface area contributed by atoms with E-state index in [0.29, 0.717) is 13.2 Å². The molecule has 0 aromatic heterocycles. The van der Waals surface area contributed by atoms with E-state index < -0.39 is 0 Å². The Labute approximate surface area is 92.6 Å². The number of ether oxygens (including phenoxy) is 1. The van der Waals surface area contributed by atoms with E-state index >= 15 is 0 Å². The molecule has 3 N–H and O–H groups in total. The molecule has 0 radical (unpaired) electrons. The van der Waals surface area contributed by atoms with Gasteiger partial charge in [0.1, 0.15) is 6.61 Å². The number of hydrogen-bond donors (Lipinski definition) is 2. The lowest BCUT2D eigenvalue weighted by molar-refractivity contribution is -0.125. The highest BCUT2D eigenvalue weighted by Crippen LogP contribution is 1.94. The predicted molar refractivity (Wildman–Crippen MR) is 61.6 cm³/mol. The molecule has 0 aliphatic heterocycles. The van der Waals surface area contributed by atoms with E-state index in [1.165, 1.54) is 0 Å². The summed E-state index contributed by atoms with van der Waals surface area (Å²) < 4.78 is 5.21. The smallest absolute Gasteiger partial charge is 0.246 e. The van der Waals surface area contributed by atoms with Crippen LogP contribution >= 0.6 is 0 Å². The van der Waals surface area contributed by atoms with E-state index in [4.69, 9.17) is 10.5 Å². The Bertz CT molecular complexity index is 176. The van der Waals surface area contributed by atoms with Crippen LogP contribution in [0.15, 0.2) is 0 Å². The third-order valence-electron chi connectivity index (χ3n) is 1.87. The molecule has 0 unspecified atom stereocenters. The minimum absolute atomic E-state index is 0.0926. The van der Waals surface area contributed by atoms with Crippen LogP contribution in [0.3, 0.4) is 0 Å². The van der Waals surface area contributed by atoms with Crippen molar-refractivity contribution in [3.05, 3.63) is 0 Å². The molecule has 0 atom stereocenters. The number of carbonyl (C=O) groups is 1. The lowest BCUT2D eigenvalue weighted by Gasteiger charge is -2.18. The summed E-state index contributed by atoms with van der Waals surface area (Å²) in [4.78, 5) is 11.2. The quantitative estimate of drug-likeness (QED) is 0.596. The van der Waals surface area contributed by atoms with Crippen LogP contribution in [-0.2, 0) is 9.53 Å². The lowest BCUT2D eigenvalue weighted by Crippen LogP contribution is -2.46. The van der Waals surface area contributed by atoms with Crippen LogP contribution in [0.4, 0.5) is 0 Å². The van der Waals surface area contributed by atoms with Crippen LogP contribution in [0.2, 0.25) is 0 Å². The van der Waals surface area contributed by atoms with Crippen molar-refractivity contribution >= 4 is 5.91 Å². The van der Waals surface area contributed by atoms with Crippen LogP contribution in [0, 0.1) is 0 Å². The average molecular weight is 216 g/mol. The van der Waals surface area contributed by atoms with Crippen molar-refractivity contribution in [1.29, 1.82) is 0 Å². The molecule has 0 aliphatic carbocycles. The van der Waals surface area contributed by atoms with Gasteiger partial charge >= 0.3 is 0 Å². The maximum Gasteiger partial charge on any atom is 0.246 e. The third-order valence-corrected chi connectivity index (χ3v) is 1.87. The number of rotatable bonds is 8. The summed E-state index contributed by atoms with van der Waals surface area (Å²) in [6, 6.07) is 0. The zero-order valence-corrected chi connectivity index (χ0v) is 10.1. The fourth-order valence-electron chi connectivity index (χ4n) is 0.996. The first-order valence-corrected chi connectivity index (χ1v) is 5.59. The second-order valence-electron chi connectivity index (χ2n) is 4.53. The Hall–Kier alpha value is -0.610. The number of nitrogens with two attached hydrogens (primary N) is 1. The molecule has 1 amide bonds. The normalized spacial score (nSPS) is 11.5. The highest BCUT2D eigenvalue weighted by molar-refractivity contribution is 5.77. The van der Waals surface area contributed by atoms with Crippen molar-refractivity contribution in [2.24, 2.45) is 5.73 Å². The molecule has 90 valence electrons. The van der Waals surface area contributed by atoms with Gasteiger partial charge < -0.3 is 15.8 Å². The van der Waals surface area contributed by atoms with E-state index in [2.05, 4.69) is 12.2 Å². The van der Waals surface area contributed by atoms with Gasteiger partial charge in [-0.1, -0.05) is 19.8 Å². The van der Waals surface area contributed by atoms with Gasteiger partial charge in [-0.2, -0.15) is 0 Å². The molecule has 0 heterocycles. The van der Waals surface area contributed by atoms with E-state index in [-0.39, 0.29) is 18.1 Å². The van der Waals surface area contributed by atoms with Crippen LogP contribution in [0.25, 0.3) is 0 Å².